The highest BCUT2D eigenvalue weighted by Gasteiger charge is 2.40. The topological polar surface area (TPSA) is 82.3 Å². The lowest BCUT2D eigenvalue weighted by Crippen LogP contribution is -2.32. The molecule has 0 aromatic heterocycles. The Kier molecular flexibility index (Phi) is 5.93. The van der Waals surface area contributed by atoms with Gasteiger partial charge in [-0.3, -0.25) is 14.5 Å². The maximum Gasteiger partial charge on any atom is 0.305 e. The lowest BCUT2D eigenvalue weighted by molar-refractivity contribution is -0.138. The molecule has 0 aliphatic carbocycles. The second-order valence-electron chi connectivity index (χ2n) is 5.89. The highest BCUT2D eigenvalue weighted by Crippen LogP contribution is 2.33. The van der Waals surface area contributed by atoms with E-state index >= 15 is 0 Å². The van der Waals surface area contributed by atoms with E-state index < -0.39 is 11.2 Å². The van der Waals surface area contributed by atoms with Crippen LogP contribution in [0.15, 0.2) is 58.7 Å². The molecule has 0 saturated carbocycles. The quantitative estimate of drug-likeness (QED) is 0.607. The fourth-order valence-corrected chi connectivity index (χ4v) is 3.66. The van der Waals surface area contributed by atoms with Crippen molar-refractivity contribution in [3.05, 3.63) is 64.7 Å². The molecule has 1 heterocycles. The molecule has 6 nitrogen and oxygen atoms in total. The minimum absolute atomic E-state index is 0.272. The van der Waals surface area contributed by atoms with Gasteiger partial charge in [-0.1, -0.05) is 53.2 Å². The van der Waals surface area contributed by atoms with Gasteiger partial charge in [0.15, 0.2) is 5.17 Å². The number of aliphatic carboxylic acids is 1. The van der Waals surface area contributed by atoms with E-state index in [0.29, 0.717) is 15.9 Å². The summed E-state index contributed by atoms with van der Waals surface area (Å²) in [6.07, 6.45) is 1.28. The van der Waals surface area contributed by atoms with Gasteiger partial charge in [0.25, 0.3) is 0 Å². The fourth-order valence-electron chi connectivity index (χ4n) is 2.45. The van der Waals surface area contributed by atoms with Crippen molar-refractivity contribution in [3.63, 3.8) is 0 Å². The van der Waals surface area contributed by atoms with Crippen LogP contribution in [0.25, 0.3) is 0 Å². The molecule has 1 atom stereocenters. The van der Waals surface area contributed by atoms with Crippen LogP contribution in [0.2, 0.25) is 5.02 Å². The molecule has 2 aromatic rings. The zero-order chi connectivity index (χ0) is 19.4. The summed E-state index contributed by atoms with van der Waals surface area (Å²) in [4.78, 5) is 25.2. The van der Waals surface area contributed by atoms with Crippen LogP contribution >= 0.6 is 23.4 Å². The summed E-state index contributed by atoms with van der Waals surface area (Å²) in [5.74, 6) is -1.35. The van der Waals surface area contributed by atoms with Crippen molar-refractivity contribution in [3.8, 4) is 0 Å². The molecule has 27 heavy (non-hydrogen) atoms. The van der Waals surface area contributed by atoms with Crippen molar-refractivity contribution >= 4 is 52.3 Å². The van der Waals surface area contributed by atoms with Gasteiger partial charge in [0.05, 0.1) is 18.3 Å². The molecule has 138 valence electrons. The number of thioether (sulfide) groups is 1. The molecule has 1 fully saturated rings. The van der Waals surface area contributed by atoms with Crippen molar-refractivity contribution < 1.29 is 14.7 Å². The molecule has 0 unspecified atom stereocenters. The largest absolute Gasteiger partial charge is 0.481 e. The Bertz CT molecular complexity index is 911. The van der Waals surface area contributed by atoms with E-state index in [-0.39, 0.29) is 12.3 Å². The minimum Gasteiger partial charge on any atom is -0.481 e. The maximum absolute atomic E-state index is 12.7. The number of carbonyl (C=O) groups is 2. The van der Waals surface area contributed by atoms with Crippen molar-refractivity contribution in [2.45, 2.75) is 18.6 Å². The number of carboxylic acids is 1. The lowest BCUT2D eigenvalue weighted by atomic mass is 10.2. The summed E-state index contributed by atoms with van der Waals surface area (Å²) in [5.41, 5.74) is 2.49. The third-order valence-electron chi connectivity index (χ3n) is 3.81. The Hall–Kier alpha value is -2.64. The van der Waals surface area contributed by atoms with E-state index in [2.05, 4.69) is 10.2 Å². The number of aryl methyl sites for hydroxylation is 1. The molecule has 8 heteroatoms. The number of hydrogen-bond acceptors (Lipinski definition) is 5. The van der Waals surface area contributed by atoms with E-state index in [0.717, 1.165) is 22.9 Å². The second kappa shape index (κ2) is 8.37. The van der Waals surface area contributed by atoms with Crippen molar-refractivity contribution in [2.75, 3.05) is 4.90 Å². The van der Waals surface area contributed by atoms with Gasteiger partial charge in [-0.05, 0) is 36.8 Å². The van der Waals surface area contributed by atoms with E-state index in [1.54, 1.807) is 42.6 Å². The molecule has 2 aromatic carbocycles. The molecular formula is C19H16ClN3O3S. The zero-order valence-corrected chi connectivity index (χ0v) is 15.9. The average molecular weight is 402 g/mol. The summed E-state index contributed by atoms with van der Waals surface area (Å²) in [6, 6.07) is 14.4. The highest BCUT2D eigenvalue weighted by molar-refractivity contribution is 8.16. The van der Waals surface area contributed by atoms with Gasteiger partial charge in [-0.15, -0.1) is 5.10 Å². The van der Waals surface area contributed by atoms with Gasteiger partial charge >= 0.3 is 5.97 Å². The van der Waals surface area contributed by atoms with Crippen LogP contribution in [0.4, 0.5) is 5.69 Å². The Morgan fingerprint density at radius 3 is 2.52 bits per heavy atom. The predicted octanol–water partition coefficient (Wildman–Crippen LogP) is 3.96. The number of nitrogens with zero attached hydrogens (tertiary/aromatic N) is 3. The summed E-state index contributed by atoms with van der Waals surface area (Å²) >= 11 is 6.96. The zero-order valence-electron chi connectivity index (χ0n) is 14.4. The second-order valence-corrected chi connectivity index (χ2v) is 7.50. The van der Waals surface area contributed by atoms with E-state index in [1.807, 2.05) is 19.1 Å². The fraction of sp³-hybridized carbons (Fsp3) is 0.158. The number of benzene rings is 2. The monoisotopic (exact) mass is 401 g/mol. The number of halogens is 1. The Balaban J connectivity index is 1.88. The first-order valence-electron chi connectivity index (χ1n) is 8.10. The molecule has 0 radical (unpaired) electrons. The van der Waals surface area contributed by atoms with Gasteiger partial charge < -0.3 is 5.11 Å². The number of hydrogen-bond donors (Lipinski definition) is 1. The summed E-state index contributed by atoms with van der Waals surface area (Å²) in [5, 5.41) is 17.5. The average Bonchev–Trinajstić information content (AvgIpc) is 2.92. The lowest BCUT2D eigenvalue weighted by Gasteiger charge is -2.15. The van der Waals surface area contributed by atoms with Crippen LogP contribution in [0.3, 0.4) is 0 Å². The van der Waals surface area contributed by atoms with Crippen LogP contribution in [-0.2, 0) is 9.59 Å². The van der Waals surface area contributed by atoms with Gasteiger partial charge in [-0.25, -0.2) is 0 Å². The smallest absolute Gasteiger partial charge is 0.305 e. The number of carboxylic acid groups (broad SMARTS) is 1. The normalized spacial score (nSPS) is 18.6. The highest BCUT2D eigenvalue weighted by atomic mass is 35.5. The summed E-state index contributed by atoms with van der Waals surface area (Å²) in [6.45, 7) is 1.95. The molecule has 1 N–H and O–H groups in total. The number of anilines is 1. The Labute approximate surface area is 165 Å². The van der Waals surface area contributed by atoms with Gasteiger partial charge in [0.2, 0.25) is 5.91 Å². The van der Waals surface area contributed by atoms with Crippen molar-refractivity contribution in [1.29, 1.82) is 0 Å². The number of amidine groups is 1. The van der Waals surface area contributed by atoms with Gasteiger partial charge in [-0.2, -0.15) is 5.10 Å². The Morgan fingerprint density at radius 2 is 1.89 bits per heavy atom. The Morgan fingerprint density at radius 1 is 1.22 bits per heavy atom. The van der Waals surface area contributed by atoms with E-state index in [9.17, 15) is 9.59 Å². The number of rotatable bonds is 5. The molecule has 1 amide bonds. The molecule has 1 aliphatic rings. The summed E-state index contributed by atoms with van der Waals surface area (Å²) in [7, 11) is 0. The predicted molar refractivity (Wildman–Crippen MR) is 109 cm³/mol. The molecular weight excluding hydrogens is 386 g/mol. The standard InChI is InChI=1S/C19H16ClN3O3S/c1-12-2-8-15(9-3-12)23-18(26)16(10-17(24)25)27-19(23)22-21-11-13-4-6-14(20)7-5-13/h2-9,11,16H,10H2,1H3,(H,24,25)/b21-11-,22-19+/t16-/m1/s1. The third-order valence-corrected chi connectivity index (χ3v) is 5.19. The molecule has 0 spiro atoms. The van der Waals surface area contributed by atoms with Crippen molar-refractivity contribution in [2.24, 2.45) is 10.2 Å². The molecule has 3 rings (SSSR count). The van der Waals surface area contributed by atoms with Gasteiger partial charge in [0, 0.05) is 5.02 Å². The van der Waals surface area contributed by atoms with Crippen LogP contribution in [-0.4, -0.2) is 33.6 Å². The van der Waals surface area contributed by atoms with Crippen LogP contribution < -0.4 is 4.90 Å². The van der Waals surface area contributed by atoms with Crippen LogP contribution in [0.5, 0.6) is 0 Å². The van der Waals surface area contributed by atoms with Crippen LogP contribution in [0, 0.1) is 6.92 Å². The molecule has 0 bridgehead atoms. The first-order valence-corrected chi connectivity index (χ1v) is 9.35. The maximum atomic E-state index is 12.7. The first-order chi connectivity index (χ1) is 12.9. The number of amides is 1. The summed E-state index contributed by atoms with van der Waals surface area (Å²) < 4.78 is 0. The van der Waals surface area contributed by atoms with Gasteiger partial charge in [0.1, 0.15) is 5.25 Å². The molecule has 1 saturated heterocycles. The first kappa shape index (κ1) is 19.1. The van der Waals surface area contributed by atoms with Crippen LogP contribution in [0.1, 0.15) is 17.5 Å². The van der Waals surface area contributed by atoms with E-state index in [1.165, 1.54) is 4.90 Å². The van der Waals surface area contributed by atoms with E-state index in [4.69, 9.17) is 16.7 Å². The van der Waals surface area contributed by atoms with Crippen molar-refractivity contribution in [1.82, 2.24) is 0 Å². The SMILES string of the molecule is Cc1ccc(N2C(=O)[C@@H](CC(=O)O)S/C2=N/N=C\c2ccc(Cl)cc2)cc1. The third kappa shape index (κ3) is 4.75. The number of carbonyl (C=O) groups excluding carboxylic acids is 1. The minimum atomic E-state index is -1.03. The molecule has 1 aliphatic heterocycles.